The maximum Gasteiger partial charge on any atom is 0.240 e. The maximum atomic E-state index is 12.3. The van der Waals surface area contributed by atoms with Crippen LogP contribution >= 0.6 is 11.6 Å². The zero-order valence-electron chi connectivity index (χ0n) is 10.9. The first-order chi connectivity index (χ1) is 9.53. The molecule has 1 unspecified atom stereocenters. The fourth-order valence-electron chi connectivity index (χ4n) is 2.18. The third-order valence-electron chi connectivity index (χ3n) is 3.27. The smallest absolute Gasteiger partial charge is 0.240 e. The Bertz CT molecular complexity index is 617. The Kier molecular flexibility index (Phi) is 5.00. The van der Waals surface area contributed by atoms with Crippen LogP contribution < -0.4 is 10.0 Å². The predicted octanol–water partition coefficient (Wildman–Crippen LogP) is 1.63. The van der Waals surface area contributed by atoms with Gasteiger partial charge in [-0.05, 0) is 50.6 Å². The molecule has 1 atom stereocenters. The maximum absolute atomic E-state index is 12.3. The van der Waals surface area contributed by atoms with Gasteiger partial charge in [-0.15, -0.1) is 0 Å². The van der Waals surface area contributed by atoms with Gasteiger partial charge in [0.1, 0.15) is 6.07 Å². The zero-order chi connectivity index (χ0) is 14.6. The minimum Gasteiger partial charge on any atom is -0.317 e. The van der Waals surface area contributed by atoms with E-state index in [2.05, 4.69) is 10.0 Å². The summed E-state index contributed by atoms with van der Waals surface area (Å²) >= 11 is 5.88. The van der Waals surface area contributed by atoms with Crippen LogP contribution in [0.3, 0.4) is 0 Å². The van der Waals surface area contributed by atoms with Crippen LogP contribution in [0, 0.1) is 11.3 Å². The molecule has 1 aromatic rings. The molecule has 2 N–H and O–H groups in total. The first kappa shape index (κ1) is 15.3. The van der Waals surface area contributed by atoms with E-state index < -0.39 is 10.0 Å². The van der Waals surface area contributed by atoms with Crippen LogP contribution in [-0.2, 0) is 10.0 Å². The van der Waals surface area contributed by atoms with Crippen molar-refractivity contribution in [3.63, 3.8) is 0 Å². The van der Waals surface area contributed by atoms with E-state index in [0.29, 0.717) is 0 Å². The molecule has 1 fully saturated rings. The van der Waals surface area contributed by atoms with Gasteiger partial charge in [-0.3, -0.25) is 0 Å². The molecule has 5 nitrogen and oxygen atoms in total. The van der Waals surface area contributed by atoms with E-state index in [-0.39, 0.29) is 21.5 Å². The summed E-state index contributed by atoms with van der Waals surface area (Å²) in [7, 11) is -3.60. The molecule has 0 aromatic heterocycles. The summed E-state index contributed by atoms with van der Waals surface area (Å²) in [6.45, 7) is 1.72. The highest BCUT2D eigenvalue weighted by atomic mass is 35.5. The summed E-state index contributed by atoms with van der Waals surface area (Å²) in [5, 5.41) is 12.2. The van der Waals surface area contributed by atoms with Crippen molar-refractivity contribution in [1.82, 2.24) is 10.0 Å². The van der Waals surface area contributed by atoms with Gasteiger partial charge in [0.15, 0.2) is 0 Å². The molecule has 1 aliphatic rings. The third kappa shape index (κ3) is 3.70. The number of hydrogen-bond acceptors (Lipinski definition) is 4. The molecule has 0 aliphatic carbocycles. The normalized spacial score (nSPS) is 20.1. The molecule has 0 spiro atoms. The van der Waals surface area contributed by atoms with Crippen LogP contribution in [0.2, 0.25) is 5.02 Å². The zero-order valence-corrected chi connectivity index (χ0v) is 12.5. The molecule has 108 valence electrons. The summed E-state index contributed by atoms with van der Waals surface area (Å²) in [6, 6.07) is 5.99. The SMILES string of the molecule is N#Cc1ccc(S(=O)(=O)NC2CCCNCC2)cc1Cl. The van der Waals surface area contributed by atoms with E-state index in [0.717, 1.165) is 32.4 Å². The number of nitriles is 1. The van der Waals surface area contributed by atoms with Gasteiger partial charge in [-0.1, -0.05) is 11.6 Å². The minimum absolute atomic E-state index is 0.0654. The fourth-order valence-corrected chi connectivity index (χ4v) is 3.80. The van der Waals surface area contributed by atoms with Crippen LogP contribution in [0.25, 0.3) is 0 Å². The van der Waals surface area contributed by atoms with Gasteiger partial charge in [0.25, 0.3) is 0 Å². The Morgan fingerprint density at radius 1 is 1.35 bits per heavy atom. The van der Waals surface area contributed by atoms with Crippen LogP contribution in [-0.4, -0.2) is 27.5 Å². The van der Waals surface area contributed by atoms with Gasteiger partial charge in [-0.25, -0.2) is 13.1 Å². The first-order valence-electron chi connectivity index (χ1n) is 6.45. The van der Waals surface area contributed by atoms with Gasteiger partial charge in [-0.2, -0.15) is 5.26 Å². The van der Waals surface area contributed by atoms with Crippen molar-refractivity contribution in [3.05, 3.63) is 28.8 Å². The average Bonchev–Trinajstić information content (AvgIpc) is 2.66. The predicted molar refractivity (Wildman–Crippen MR) is 77.0 cm³/mol. The highest BCUT2D eigenvalue weighted by Crippen LogP contribution is 2.21. The Hall–Kier alpha value is -1.13. The second-order valence-electron chi connectivity index (χ2n) is 4.75. The summed E-state index contributed by atoms with van der Waals surface area (Å²) in [5.41, 5.74) is 0.268. The lowest BCUT2D eigenvalue weighted by Gasteiger charge is -2.16. The van der Waals surface area contributed by atoms with Gasteiger partial charge in [0.05, 0.1) is 15.5 Å². The number of nitrogens with zero attached hydrogens (tertiary/aromatic N) is 1. The Labute approximate surface area is 124 Å². The van der Waals surface area contributed by atoms with Crippen molar-refractivity contribution in [2.75, 3.05) is 13.1 Å². The van der Waals surface area contributed by atoms with Crippen molar-refractivity contribution in [2.45, 2.75) is 30.2 Å². The van der Waals surface area contributed by atoms with E-state index >= 15 is 0 Å². The van der Waals surface area contributed by atoms with Crippen molar-refractivity contribution in [3.8, 4) is 6.07 Å². The summed E-state index contributed by atoms with van der Waals surface area (Å²) < 4.78 is 27.3. The fraction of sp³-hybridized carbons (Fsp3) is 0.462. The molecule has 1 aliphatic heterocycles. The number of sulfonamides is 1. The average molecular weight is 314 g/mol. The number of rotatable bonds is 3. The lowest BCUT2D eigenvalue weighted by Crippen LogP contribution is -2.35. The lowest BCUT2D eigenvalue weighted by molar-refractivity contribution is 0.518. The molecule has 1 aromatic carbocycles. The summed E-state index contributed by atoms with van der Waals surface area (Å²) in [6.07, 6.45) is 2.53. The minimum atomic E-state index is -3.60. The van der Waals surface area contributed by atoms with Crippen molar-refractivity contribution < 1.29 is 8.42 Å². The van der Waals surface area contributed by atoms with E-state index in [1.807, 2.05) is 6.07 Å². The topological polar surface area (TPSA) is 82.0 Å². The molecular formula is C13H16ClN3O2S. The third-order valence-corrected chi connectivity index (χ3v) is 5.10. The van der Waals surface area contributed by atoms with Crippen LogP contribution in [0.4, 0.5) is 0 Å². The molecule has 1 saturated heterocycles. The molecule has 2 rings (SSSR count). The number of benzene rings is 1. The monoisotopic (exact) mass is 313 g/mol. The van der Waals surface area contributed by atoms with Crippen molar-refractivity contribution in [1.29, 1.82) is 5.26 Å². The Morgan fingerprint density at radius 3 is 2.85 bits per heavy atom. The van der Waals surface area contributed by atoms with Crippen LogP contribution in [0.5, 0.6) is 0 Å². The Balaban J connectivity index is 2.17. The molecule has 20 heavy (non-hydrogen) atoms. The highest BCUT2D eigenvalue weighted by molar-refractivity contribution is 7.89. The van der Waals surface area contributed by atoms with E-state index in [9.17, 15) is 8.42 Å². The molecule has 1 heterocycles. The number of nitrogens with one attached hydrogen (secondary N) is 2. The standard InChI is InChI=1S/C13H16ClN3O2S/c14-13-8-12(4-3-10(13)9-15)20(18,19)17-11-2-1-6-16-7-5-11/h3-4,8,11,16-17H,1-2,5-7H2. The van der Waals surface area contributed by atoms with E-state index in [1.54, 1.807) is 0 Å². The first-order valence-corrected chi connectivity index (χ1v) is 8.32. The second kappa shape index (κ2) is 6.55. The van der Waals surface area contributed by atoms with Gasteiger partial charge in [0.2, 0.25) is 10.0 Å². The summed E-state index contributed by atoms with van der Waals surface area (Å²) in [5.74, 6) is 0. The number of hydrogen-bond donors (Lipinski definition) is 2. The van der Waals surface area contributed by atoms with Crippen molar-refractivity contribution in [2.24, 2.45) is 0 Å². The van der Waals surface area contributed by atoms with Gasteiger partial charge in [0, 0.05) is 6.04 Å². The van der Waals surface area contributed by atoms with E-state index in [4.69, 9.17) is 16.9 Å². The van der Waals surface area contributed by atoms with Gasteiger partial charge >= 0.3 is 0 Å². The second-order valence-corrected chi connectivity index (χ2v) is 6.87. The molecule has 0 amide bonds. The van der Waals surface area contributed by atoms with E-state index in [1.165, 1.54) is 18.2 Å². The number of halogens is 1. The largest absolute Gasteiger partial charge is 0.317 e. The molecule has 7 heteroatoms. The molecule has 0 bridgehead atoms. The van der Waals surface area contributed by atoms with Crippen LogP contribution in [0.15, 0.2) is 23.1 Å². The quantitative estimate of drug-likeness (QED) is 0.888. The highest BCUT2D eigenvalue weighted by Gasteiger charge is 2.21. The lowest BCUT2D eigenvalue weighted by atomic mass is 10.1. The van der Waals surface area contributed by atoms with Crippen LogP contribution in [0.1, 0.15) is 24.8 Å². The molecule has 0 saturated carbocycles. The summed E-state index contributed by atoms with van der Waals surface area (Å²) in [4.78, 5) is 0.0960. The molecule has 0 radical (unpaired) electrons. The van der Waals surface area contributed by atoms with Gasteiger partial charge < -0.3 is 5.32 Å². The molecular weight excluding hydrogens is 298 g/mol. The Morgan fingerprint density at radius 2 is 2.15 bits per heavy atom. The van der Waals surface area contributed by atoms with Crippen molar-refractivity contribution >= 4 is 21.6 Å².